The molecule has 0 saturated carbocycles. The largest absolute Gasteiger partial charge is 0.389 e. The summed E-state index contributed by atoms with van der Waals surface area (Å²) in [6.45, 7) is 4.03. The van der Waals surface area contributed by atoms with E-state index in [2.05, 4.69) is 5.32 Å². The number of para-hydroxylation sites is 1. The van der Waals surface area contributed by atoms with Gasteiger partial charge in [-0.25, -0.2) is 0 Å². The minimum Gasteiger partial charge on any atom is -0.389 e. The first-order valence-electron chi connectivity index (χ1n) is 5.29. The number of carbonyl (C=O) groups is 1. The molecule has 0 spiro atoms. The van der Waals surface area contributed by atoms with Gasteiger partial charge in [-0.3, -0.25) is 4.79 Å². The Balaban J connectivity index is 2.69. The summed E-state index contributed by atoms with van der Waals surface area (Å²) in [5, 5.41) is 12.2. The Hall–Kier alpha value is -1.39. The maximum atomic E-state index is 11.4. The Morgan fingerprint density at radius 2 is 2.19 bits per heavy atom. The first-order valence-corrected chi connectivity index (χ1v) is 5.29. The fourth-order valence-corrected chi connectivity index (χ4v) is 1.36. The Kier molecular flexibility index (Phi) is 4.95. The van der Waals surface area contributed by atoms with Crippen molar-refractivity contribution in [1.82, 2.24) is 0 Å². The number of aliphatic hydroxyl groups excluding tert-OH is 1. The Labute approximate surface area is 95.2 Å². The smallest absolute Gasteiger partial charge is 0.250 e. The van der Waals surface area contributed by atoms with Crippen molar-refractivity contribution in [2.24, 2.45) is 0 Å². The van der Waals surface area contributed by atoms with Crippen molar-refractivity contribution in [1.29, 1.82) is 0 Å². The summed E-state index contributed by atoms with van der Waals surface area (Å²) in [5.74, 6) is -0.213. The van der Waals surface area contributed by atoms with Gasteiger partial charge in [0.2, 0.25) is 5.91 Å². The van der Waals surface area contributed by atoms with Gasteiger partial charge >= 0.3 is 0 Å². The van der Waals surface area contributed by atoms with Crippen LogP contribution in [0.5, 0.6) is 0 Å². The van der Waals surface area contributed by atoms with E-state index in [1.54, 1.807) is 19.1 Å². The molecule has 0 aromatic heterocycles. The van der Waals surface area contributed by atoms with Crippen LogP contribution in [0.25, 0.3) is 0 Å². The Morgan fingerprint density at radius 3 is 2.81 bits per heavy atom. The number of rotatable bonds is 5. The van der Waals surface area contributed by atoms with Gasteiger partial charge in [-0.2, -0.15) is 0 Å². The highest BCUT2D eigenvalue weighted by Gasteiger charge is 2.09. The standard InChI is InChI=1S/C12H17NO3/c1-3-16-8-12(15)13-11-7-5-4-6-10(11)9(2)14/h4-7,9,14H,3,8H2,1-2H3,(H,13,15). The second-order valence-corrected chi connectivity index (χ2v) is 3.45. The molecule has 0 radical (unpaired) electrons. The van der Waals surface area contributed by atoms with E-state index < -0.39 is 6.10 Å². The lowest BCUT2D eigenvalue weighted by Crippen LogP contribution is -2.19. The van der Waals surface area contributed by atoms with Gasteiger partial charge in [-0.05, 0) is 19.9 Å². The monoisotopic (exact) mass is 223 g/mol. The number of ether oxygens (including phenoxy) is 1. The number of hydrogen-bond acceptors (Lipinski definition) is 3. The maximum Gasteiger partial charge on any atom is 0.250 e. The van der Waals surface area contributed by atoms with Gasteiger partial charge in [-0.1, -0.05) is 18.2 Å². The predicted octanol–water partition coefficient (Wildman–Crippen LogP) is 1.71. The Morgan fingerprint density at radius 1 is 1.50 bits per heavy atom. The van der Waals surface area contributed by atoms with Gasteiger partial charge < -0.3 is 15.2 Å². The third-order valence-corrected chi connectivity index (χ3v) is 2.12. The number of anilines is 1. The number of aliphatic hydroxyl groups is 1. The number of hydrogen-bond donors (Lipinski definition) is 2. The zero-order chi connectivity index (χ0) is 12.0. The quantitative estimate of drug-likeness (QED) is 0.799. The van der Waals surface area contributed by atoms with Gasteiger partial charge in [0.05, 0.1) is 6.10 Å². The number of amides is 1. The molecule has 88 valence electrons. The summed E-state index contributed by atoms with van der Waals surface area (Å²) in [5.41, 5.74) is 1.33. The van der Waals surface area contributed by atoms with Crippen LogP contribution in [0.15, 0.2) is 24.3 Å². The minimum absolute atomic E-state index is 0.0324. The van der Waals surface area contributed by atoms with E-state index in [1.807, 2.05) is 19.1 Å². The zero-order valence-corrected chi connectivity index (χ0v) is 9.56. The minimum atomic E-state index is -0.608. The highest BCUT2D eigenvalue weighted by Crippen LogP contribution is 2.21. The number of nitrogens with one attached hydrogen (secondary N) is 1. The van der Waals surface area contributed by atoms with E-state index in [9.17, 15) is 9.90 Å². The molecule has 1 rings (SSSR count). The molecule has 1 aromatic carbocycles. The lowest BCUT2D eigenvalue weighted by atomic mass is 10.1. The molecule has 4 heteroatoms. The summed E-state index contributed by atoms with van der Waals surface area (Å²) < 4.78 is 4.99. The van der Waals surface area contributed by atoms with Crippen molar-refractivity contribution < 1.29 is 14.6 Å². The molecule has 1 amide bonds. The molecule has 4 nitrogen and oxygen atoms in total. The van der Waals surface area contributed by atoms with Gasteiger partial charge in [0, 0.05) is 17.9 Å². The van der Waals surface area contributed by atoms with Crippen LogP contribution in [-0.2, 0) is 9.53 Å². The normalized spacial score (nSPS) is 12.2. The van der Waals surface area contributed by atoms with E-state index in [0.29, 0.717) is 17.9 Å². The van der Waals surface area contributed by atoms with Crippen LogP contribution >= 0.6 is 0 Å². The van der Waals surface area contributed by atoms with Crippen LogP contribution < -0.4 is 5.32 Å². The van der Waals surface area contributed by atoms with Crippen LogP contribution in [0.4, 0.5) is 5.69 Å². The SMILES string of the molecule is CCOCC(=O)Nc1ccccc1C(C)O. The summed E-state index contributed by atoms with van der Waals surface area (Å²) >= 11 is 0. The number of carbonyl (C=O) groups excluding carboxylic acids is 1. The van der Waals surface area contributed by atoms with Crippen molar-refractivity contribution in [3.05, 3.63) is 29.8 Å². The van der Waals surface area contributed by atoms with Crippen molar-refractivity contribution in [2.45, 2.75) is 20.0 Å². The summed E-state index contributed by atoms with van der Waals surface area (Å²) in [6, 6.07) is 7.16. The second kappa shape index (κ2) is 6.25. The third-order valence-electron chi connectivity index (χ3n) is 2.12. The molecular formula is C12H17NO3. The first-order chi connectivity index (χ1) is 7.65. The van der Waals surface area contributed by atoms with Crippen molar-refractivity contribution in [2.75, 3.05) is 18.5 Å². The van der Waals surface area contributed by atoms with E-state index in [0.717, 1.165) is 0 Å². The van der Waals surface area contributed by atoms with Crippen LogP contribution in [-0.4, -0.2) is 24.2 Å². The molecule has 0 aliphatic carbocycles. The Bertz CT molecular complexity index is 350. The van der Waals surface area contributed by atoms with Gasteiger partial charge in [0.1, 0.15) is 6.61 Å². The second-order valence-electron chi connectivity index (χ2n) is 3.45. The van der Waals surface area contributed by atoms with Crippen LogP contribution in [0.3, 0.4) is 0 Å². The van der Waals surface area contributed by atoms with E-state index in [1.165, 1.54) is 0 Å². The molecule has 16 heavy (non-hydrogen) atoms. The van der Waals surface area contributed by atoms with Gasteiger partial charge in [0.15, 0.2) is 0 Å². The lowest BCUT2D eigenvalue weighted by Gasteiger charge is -2.12. The molecule has 1 unspecified atom stereocenters. The van der Waals surface area contributed by atoms with Crippen LogP contribution in [0.1, 0.15) is 25.5 Å². The lowest BCUT2D eigenvalue weighted by molar-refractivity contribution is -0.120. The maximum absolute atomic E-state index is 11.4. The van der Waals surface area contributed by atoms with E-state index in [-0.39, 0.29) is 12.5 Å². The van der Waals surface area contributed by atoms with Crippen molar-refractivity contribution in [3.63, 3.8) is 0 Å². The predicted molar refractivity (Wildman–Crippen MR) is 62.2 cm³/mol. The third kappa shape index (κ3) is 3.64. The van der Waals surface area contributed by atoms with Crippen LogP contribution in [0, 0.1) is 0 Å². The molecule has 0 saturated heterocycles. The highest BCUT2D eigenvalue weighted by atomic mass is 16.5. The average molecular weight is 223 g/mol. The first kappa shape index (κ1) is 12.7. The molecule has 0 heterocycles. The molecular weight excluding hydrogens is 206 g/mol. The molecule has 0 aliphatic rings. The molecule has 1 atom stereocenters. The molecule has 1 aromatic rings. The molecule has 0 aliphatic heterocycles. The molecule has 0 bridgehead atoms. The van der Waals surface area contributed by atoms with Crippen molar-refractivity contribution >= 4 is 11.6 Å². The zero-order valence-electron chi connectivity index (χ0n) is 9.56. The fraction of sp³-hybridized carbons (Fsp3) is 0.417. The van der Waals surface area contributed by atoms with Crippen molar-refractivity contribution in [3.8, 4) is 0 Å². The summed E-state index contributed by atoms with van der Waals surface area (Å²) in [4.78, 5) is 11.4. The van der Waals surface area contributed by atoms with E-state index in [4.69, 9.17) is 4.74 Å². The topological polar surface area (TPSA) is 58.6 Å². The fourth-order valence-electron chi connectivity index (χ4n) is 1.36. The molecule has 0 fully saturated rings. The summed E-state index contributed by atoms with van der Waals surface area (Å²) in [6.07, 6.45) is -0.608. The average Bonchev–Trinajstić information content (AvgIpc) is 2.27. The number of benzene rings is 1. The van der Waals surface area contributed by atoms with E-state index >= 15 is 0 Å². The van der Waals surface area contributed by atoms with Crippen LogP contribution in [0.2, 0.25) is 0 Å². The summed E-state index contributed by atoms with van der Waals surface area (Å²) in [7, 11) is 0. The van der Waals surface area contributed by atoms with Gasteiger partial charge in [0.25, 0.3) is 0 Å². The molecule has 2 N–H and O–H groups in total. The highest BCUT2D eigenvalue weighted by molar-refractivity contribution is 5.92. The van der Waals surface area contributed by atoms with Gasteiger partial charge in [-0.15, -0.1) is 0 Å².